The van der Waals surface area contributed by atoms with E-state index < -0.39 is 0 Å². The van der Waals surface area contributed by atoms with E-state index in [0.717, 1.165) is 64.7 Å². The van der Waals surface area contributed by atoms with Gasteiger partial charge in [-0.2, -0.15) is 0 Å². The summed E-state index contributed by atoms with van der Waals surface area (Å²) in [7, 11) is 0. The maximum absolute atomic E-state index is 11.5. The third-order valence-electron chi connectivity index (χ3n) is 5.86. The number of hydrogen-bond donors (Lipinski definition) is 2. The smallest absolute Gasteiger partial charge is 0.220 e. The van der Waals surface area contributed by atoms with Crippen LogP contribution in [0.5, 0.6) is 0 Å². The van der Waals surface area contributed by atoms with Crippen molar-refractivity contribution in [2.24, 2.45) is 11.7 Å². The van der Waals surface area contributed by atoms with Gasteiger partial charge in [0, 0.05) is 42.7 Å². The summed E-state index contributed by atoms with van der Waals surface area (Å²) >= 11 is 1.63. The summed E-state index contributed by atoms with van der Waals surface area (Å²) in [5, 5.41) is 6.54. The van der Waals surface area contributed by atoms with Crippen molar-refractivity contribution in [3.63, 3.8) is 0 Å². The Hall–Kier alpha value is -3.52. The second-order valence-electron chi connectivity index (χ2n) is 7.89. The van der Waals surface area contributed by atoms with Crippen LogP contribution in [-0.2, 0) is 11.3 Å². The van der Waals surface area contributed by atoms with E-state index in [0.29, 0.717) is 6.54 Å². The number of nitrogens with zero attached hydrogens (tertiary/aromatic N) is 4. The highest BCUT2D eigenvalue weighted by molar-refractivity contribution is 7.13. The molecule has 0 unspecified atom stereocenters. The molecule has 32 heavy (non-hydrogen) atoms. The van der Waals surface area contributed by atoms with E-state index in [4.69, 9.17) is 15.7 Å². The maximum atomic E-state index is 11.5. The second kappa shape index (κ2) is 8.92. The van der Waals surface area contributed by atoms with E-state index in [2.05, 4.69) is 21.3 Å². The van der Waals surface area contributed by atoms with Crippen LogP contribution in [0.15, 0.2) is 60.1 Å². The highest BCUT2D eigenvalue weighted by atomic mass is 32.1. The number of primary amides is 1. The van der Waals surface area contributed by atoms with Crippen LogP contribution in [0.4, 0.5) is 11.6 Å². The molecule has 5 rings (SSSR count). The number of nitrogens with one attached hydrogen (secondary N) is 1. The summed E-state index contributed by atoms with van der Waals surface area (Å²) in [5.41, 5.74) is 7.49. The van der Waals surface area contributed by atoms with E-state index in [-0.39, 0.29) is 11.8 Å². The molecule has 0 bridgehead atoms. The summed E-state index contributed by atoms with van der Waals surface area (Å²) in [6.07, 6.45) is 3.34. The molecule has 8 heteroatoms. The molecule has 0 radical (unpaired) electrons. The van der Waals surface area contributed by atoms with Crippen LogP contribution in [-0.4, -0.2) is 33.9 Å². The molecule has 4 aromatic rings. The van der Waals surface area contributed by atoms with E-state index in [1.165, 1.54) is 0 Å². The Morgan fingerprint density at radius 2 is 1.94 bits per heavy atom. The lowest BCUT2D eigenvalue weighted by molar-refractivity contribution is -0.122. The third-order valence-corrected chi connectivity index (χ3v) is 6.72. The fourth-order valence-electron chi connectivity index (χ4n) is 4.14. The standard InChI is InChI=1S/C24H24N6OS/c25-21(31)16-9-12-30(13-10-16)24-17(5-3-11-26-24)15-27-22-18-6-1-2-7-19(18)28-23(29-22)20-8-4-14-32-20/h1-8,11,14,16H,9-10,12-13,15H2,(H2,25,31)(H,27,28,29). The Morgan fingerprint density at radius 3 is 2.72 bits per heavy atom. The van der Waals surface area contributed by atoms with Crippen molar-refractivity contribution in [3.8, 4) is 10.7 Å². The molecule has 3 aromatic heterocycles. The predicted molar refractivity (Wildman–Crippen MR) is 129 cm³/mol. The molecule has 7 nitrogen and oxygen atoms in total. The first-order valence-corrected chi connectivity index (χ1v) is 11.6. The number of fused-ring (bicyclic) bond motifs is 1. The molecule has 0 spiro atoms. The van der Waals surface area contributed by atoms with Gasteiger partial charge in [0.05, 0.1) is 10.4 Å². The number of rotatable bonds is 6. The minimum Gasteiger partial charge on any atom is -0.369 e. The number of anilines is 2. The van der Waals surface area contributed by atoms with Gasteiger partial charge in [-0.25, -0.2) is 15.0 Å². The molecule has 1 aliphatic rings. The zero-order valence-electron chi connectivity index (χ0n) is 17.6. The van der Waals surface area contributed by atoms with Crippen molar-refractivity contribution in [2.45, 2.75) is 19.4 Å². The number of amides is 1. The van der Waals surface area contributed by atoms with Crippen LogP contribution in [0, 0.1) is 5.92 Å². The van der Waals surface area contributed by atoms with Gasteiger partial charge in [0.25, 0.3) is 0 Å². The first kappa shape index (κ1) is 20.4. The molecule has 0 atom stereocenters. The first-order chi connectivity index (χ1) is 15.7. The molecule has 3 N–H and O–H groups in total. The molecule has 4 heterocycles. The molecule has 1 aliphatic heterocycles. The minimum atomic E-state index is -0.204. The van der Waals surface area contributed by atoms with Gasteiger partial charge < -0.3 is 16.0 Å². The van der Waals surface area contributed by atoms with E-state index in [9.17, 15) is 4.79 Å². The third kappa shape index (κ3) is 4.13. The van der Waals surface area contributed by atoms with Crippen molar-refractivity contribution in [2.75, 3.05) is 23.3 Å². The van der Waals surface area contributed by atoms with Crippen LogP contribution < -0.4 is 16.0 Å². The Bertz CT molecular complexity index is 1230. The summed E-state index contributed by atoms with van der Waals surface area (Å²) < 4.78 is 0. The highest BCUT2D eigenvalue weighted by Gasteiger charge is 2.25. The summed E-state index contributed by atoms with van der Waals surface area (Å²) in [4.78, 5) is 29.0. The zero-order valence-corrected chi connectivity index (χ0v) is 18.4. The average molecular weight is 445 g/mol. The molecule has 1 fully saturated rings. The number of hydrogen-bond acceptors (Lipinski definition) is 7. The average Bonchev–Trinajstić information content (AvgIpc) is 3.38. The summed E-state index contributed by atoms with van der Waals surface area (Å²) in [6.45, 7) is 2.14. The topological polar surface area (TPSA) is 97.0 Å². The monoisotopic (exact) mass is 444 g/mol. The Morgan fingerprint density at radius 1 is 1.09 bits per heavy atom. The Labute approximate surface area is 190 Å². The Balaban J connectivity index is 1.40. The fourth-order valence-corrected chi connectivity index (χ4v) is 4.79. The number of piperidine rings is 1. The minimum absolute atomic E-state index is 0.0420. The van der Waals surface area contributed by atoms with Crippen molar-refractivity contribution in [1.82, 2.24) is 15.0 Å². The van der Waals surface area contributed by atoms with Gasteiger partial charge in [0.15, 0.2) is 5.82 Å². The lowest BCUT2D eigenvalue weighted by atomic mass is 9.96. The van der Waals surface area contributed by atoms with Crippen molar-refractivity contribution < 1.29 is 4.79 Å². The molecule has 1 aromatic carbocycles. The number of para-hydroxylation sites is 1. The predicted octanol–water partition coefficient (Wildman–Crippen LogP) is 4.07. The molecule has 0 aliphatic carbocycles. The molecule has 0 saturated carbocycles. The number of carbonyl (C=O) groups is 1. The van der Waals surface area contributed by atoms with E-state index in [1.807, 2.05) is 54.0 Å². The molecule has 162 valence electrons. The van der Waals surface area contributed by atoms with E-state index >= 15 is 0 Å². The van der Waals surface area contributed by atoms with Gasteiger partial charge in [-0.1, -0.05) is 24.3 Å². The number of pyridine rings is 1. The van der Waals surface area contributed by atoms with Gasteiger partial charge in [-0.05, 0) is 42.5 Å². The lowest BCUT2D eigenvalue weighted by Gasteiger charge is -2.32. The molecule has 1 saturated heterocycles. The quantitative estimate of drug-likeness (QED) is 0.465. The van der Waals surface area contributed by atoms with Crippen LogP contribution >= 0.6 is 11.3 Å². The summed E-state index contributed by atoms with van der Waals surface area (Å²) in [5.74, 6) is 2.23. The van der Waals surface area contributed by atoms with Gasteiger partial charge in [-0.15, -0.1) is 11.3 Å². The SMILES string of the molecule is NC(=O)C1CCN(c2ncccc2CNc2nc(-c3cccs3)nc3ccccc23)CC1. The van der Waals surface area contributed by atoms with Crippen LogP contribution in [0.25, 0.3) is 21.6 Å². The number of benzene rings is 1. The van der Waals surface area contributed by atoms with Crippen molar-refractivity contribution in [1.29, 1.82) is 0 Å². The van der Waals surface area contributed by atoms with Crippen molar-refractivity contribution in [3.05, 3.63) is 65.7 Å². The first-order valence-electron chi connectivity index (χ1n) is 10.7. The normalized spacial score (nSPS) is 14.6. The van der Waals surface area contributed by atoms with Crippen molar-refractivity contribution >= 4 is 39.8 Å². The molecular formula is C24H24N6OS. The van der Waals surface area contributed by atoms with Gasteiger partial charge in [-0.3, -0.25) is 4.79 Å². The molecular weight excluding hydrogens is 420 g/mol. The van der Waals surface area contributed by atoms with Crippen LogP contribution in [0.1, 0.15) is 18.4 Å². The van der Waals surface area contributed by atoms with E-state index in [1.54, 1.807) is 11.3 Å². The van der Waals surface area contributed by atoms with Gasteiger partial charge in [0.2, 0.25) is 5.91 Å². The Kier molecular flexibility index (Phi) is 5.68. The summed E-state index contributed by atoms with van der Waals surface area (Å²) in [6, 6.07) is 16.1. The fraction of sp³-hybridized carbons (Fsp3) is 0.250. The van der Waals surface area contributed by atoms with Gasteiger partial charge in [0.1, 0.15) is 11.6 Å². The number of aromatic nitrogens is 3. The van der Waals surface area contributed by atoms with Crippen LogP contribution in [0.3, 0.4) is 0 Å². The second-order valence-corrected chi connectivity index (χ2v) is 8.84. The number of nitrogens with two attached hydrogens (primary N) is 1. The maximum Gasteiger partial charge on any atom is 0.220 e. The number of carbonyl (C=O) groups excluding carboxylic acids is 1. The zero-order chi connectivity index (χ0) is 21.9. The number of thiophene rings is 1. The van der Waals surface area contributed by atoms with Gasteiger partial charge >= 0.3 is 0 Å². The van der Waals surface area contributed by atoms with Crippen LogP contribution in [0.2, 0.25) is 0 Å². The lowest BCUT2D eigenvalue weighted by Crippen LogP contribution is -2.39. The largest absolute Gasteiger partial charge is 0.369 e. The highest BCUT2D eigenvalue weighted by Crippen LogP contribution is 2.29. The molecule has 1 amide bonds.